The van der Waals surface area contributed by atoms with Gasteiger partial charge in [-0.25, -0.2) is 14.8 Å². The third-order valence-electron chi connectivity index (χ3n) is 8.29. The fraction of sp³-hybridized carbons (Fsp3) is 0.333. The van der Waals surface area contributed by atoms with E-state index in [-0.39, 0.29) is 11.9 Å². The van der Waals surface area contributed by atoms with Crippen LogP contribution in [0, 0.1) is 0 Å². The molecule has 10 heteroatoms. The number of ether oxygens (including phenoxy) is 1. The predicted molar refractivity (Wildman–Crippen MR) is 182 cm³/mol. The Morgan fingerprint density at radius 1 is 0.804 bits per heavy atom. The first kappa shape index (κ1) is 31.2. The number of piperidine rings is 1. The summed E-state index contributed by atoms with van der Waals surface area (Å²) < 4.78 is 11.6. The number of para-hydroxylation sites is 1. The van der Waals surface area contributed by atoms with Crippen molar-refractivity contribution < 1.29 is 14.1 Å². The number of anilines is 3. The number of nitrogens with zero attached hydrogens (tertiary/aromatic N) is 5. The minimum Gasteiger partial charge on any atom is -0.378 e. The highest BCUT2D eigenvalue weighted by molar-refractivity contribution is 5.99. The molecule has 3 aromatic carbocycles. The Bertz CT molecular complexity index is 1700. The SMILES string of the molecule is CC.O=C(Nc1ccccc1)Nc1ccc(-c2nc(N3CCOCC3)c3onc(C4CCN(Cc5ccccc5)CC4)c3n2)cc1. The van der Waals surface area contributed by atoms with Gasteiger partial charge in [0.15, 0.2) is 11.6 Å². The summed E-state index contributed by atoms with van der Waals surface area (Å²) in [5, 5.41) is 10.3. The van der Waals surface area contributed by atoms with E-state index in [2.05, 4.69) is 55.9 Å². The van der Waals surface area contributed by atoms with Crippen molar-refractivity contribution >= 4 is 34.3 Å². The zero-order valence-electron chi connectivity index (χ0n) is 26.5. The Morgan fingerprint density at radius 2 is 1.43 bits per heavy atom. The monoisotopic (exact) mass is 619 g/mol. The van der Waals surface area contributed by atoms with Gasteiger partial charge in [0.25, 0.3) is 0 Å². The van der Waals surface area contributed by atoms with Gasteiger partial charge >= 0.3 is 6.03 Å². The van der Waals surface area contributed by atoms with Crippen LogP contribution in [0.5, 0.6) is 0 Å². The maximum atomic E-state index is 12.5. The molecule has 2 saturated heterocycles. The zero-order valence-corrected chi connectivity index (χ0v) is 26.5. The maximum Gasteiger partial charge on any atom is 0.323 e. The first-order chi connectivity index (χ1) is 22.7. The summed E-state index contributed by atoms with van der Waals surface area (Å²) in [4.78, 5) is 27.2. The Kier molecular flexibility index (Phi) is 10.2. The topological polar surface area (TPSA) is 109 Å². The molecule has 46 heavy (non-hydrogen) atoms. The van der Waals surface area contributed by atoms with E-state index < -0.39 is 0 Å². The van der Waals surface area contributed by atoms with E-state index in [0.29, 0.717) is 30.3 Å². The molecule has 0 saturated carbocycles. The normalized spacial score (nSPS) is 15.7. The van der Waals surface area contributed by atoms with Gasteiger partial charge in [0, 0.05) is 42.5 Å². The van der Waals surface area contributed by atoms with Crippen LogP contribution in [0.2, 0.25) is 0 Å². The molecule has 2 aliphatic rings. The van der Waals surface area contributed by atoms with Crippen molar-refractivity contribution in [1.29, 1.82) is 0 Å². The molecule has 7 rings (SSSR count). The number of carbonyl (C=O) groups excluding carboxylic acids is 1. The summed E-state index contributed by atoms with van der Waals surface area (Å²) in [6.45, 7) is 9.65. The lowest BCUT2D eigenvalue weighted by molar-refractivity contribution is 0.122. The molecule has 2 aromatic heterocycles. The highest BCUT2D eigenvalue weighted by Gasteiger charge is 2.29. The average molecular weight is 620 g/mol. The van der Waals surface area contributed by atoms with Crippen LogP contribution in [0.25, 0.3) is 22.5 Å². The second kappa shape index (κ2) is 15.0. The summed E-state index contributed by atoms with van der Waals surface area (Å²) in [5.41, 5.74) is 5.91. The fourth-order valence-electron chi connectivity index (χ4n) is 5.94. The molecular formula is C36H41N7O3. The standard InChI is InChI=1S/C34H35N7O3.C2H6/c42-34(35-27-9-5-2-6-10-27)36-28-13-11-26(12-14-28)32-37-30-29(39-44-31(30)33(38-32)41-19-21-43-22-20-41)25-15-17-40(18-16-25)23-24-7-3-1-4-8-24;1-2/h1-14,25H,15-23H2,(H2,35,36,42);1-2H3. The first-order valence-corrected chi connectivity index (χ1v) is 16.2. The van der Waals surface area contributed by atoms with E-state index in [1.165, 1.54) is 5.56 Å². The minimum absolute atomic E-state index is 0.262. The second-order valence-corrected chi connectivity index (χ2v) is 11.3. The average Bonchev–Trinajstić information content (AvgIpc) is 3.55. The van der Waals surface area contributed by atoms with Crippen molar-refractivity contribution in [2.24, 2.45) is 0 Å². The van der Waals surface area contributed by atoms with Gasteiger partial charge in [-0.2, -0.15) is 0 Å². The van der Waals surface area contributed by atoms with Crippen molar-refractivity contribution in [3.8, 4) is 11.4 Å². The predicted octanol–water partition coefficient (Wildman–Crippen LogP) is 7.17. The van der Waals surface area contributed by atoms with E-state index in [0.717, 1.165) is 73.8 Å². The third kappa shape index (κ3) is 7.35. The number of hydrogen-bond acceptors (Lipinski definition) is 8. The molecule has 0 bridgehead atoms. The molecule has 0 spiro atoms. The van der Waals surface area contributed by atoms with Gasteiger partial charge in [0.2, 0.25) is 5.58 Å². The van der Waals surface area contributed by atoms with E-state index in [1.54, 1.807) is 0 Å². The Morgan fingerprint density at radius 3 is 2.11 bits per heavy atom. The summed E-state index contributed by atoms with van der Waals surface area (Å²) >= 11 is 0. The third-order valence-corrected chi connectivity index (χ3v) is 8.29. The van der Waals surface area contributed by atoms with Crippen LogP contribution in [0.4, 0.5) is 22.0 Å². The van der Waals surface area contributed by atoms with Crippen LogP contribution in [-0.2, 0) is 11.3 Å². The molecule has 0 unspecified atom stereocenters. The number of nitrogens with one attached hydrogen (secondary N) is 2. The van der Waals surface area contributed by atoms with Crippen LogP contribution >= 0.6 is 0 Å². The molecular weight excluding hydrogens is 578 g/mol. The van der Waals surface area contributed by atoms with Crippen molar-refractivity contribution in [3.05, 3.63) is 96.2 Å². The summed E-state index contributed by atoms with van der Waals surface area (Å²) in [6, 6.07) is 27.2. The first-order valence-electron chi connectivity index (χ1n) is 16.2. The van der Waals surface area contributed by atoms with Crippen LogP contribution < -0.4 is 15.5 Å². The number of benzene rings is 3. The number of aromatic nitrogens is 3. The fourth-order valence-corrected chi connectivity index (χ4v) is 5.94. The summed E-state index contributed by atoms with van der Waals surface area (Å²) in [7, 11) is 0. The van der Waals surface area contributed by atoms with Gasteiger partial charge in [-0.15, -0.1) is 0 Å². The van der Waals surface area contributed by atoms with E-state index >= 15 is 0 Å². The molecule has 2 aliphatic heterocycles. The molecule has 0 atom stereocenters. The van der Waals surface area contributed by atoms with Crippen LogP contribution in [-0.4, -0.2) is 65.4 Å². The highest BCUT2D eigenvalue weighted by Crippen LogP contribution is 2.36. The Hall–Kier alpha value is -4.80. The molecule has 2 fully saturated rings. The number of urea groups is 1. The van der Waals surface area contributed by atoms with E-state index in [4.69, 9.17) is 19.2 Å². The summed E-state index contributed by atoms with van der Waals surface area (Å²) in [6.07, 6.45) is 1.98. The van der Waals surface area contributed by atoms with Crippen LogP contribution in [0.1, 0.15) is 43.9 Å². The Balaban J connectivity index is 0.00000182. The number of fused-ring (bicyclic) bond motifs is 1. The second-order valence-electron chi connectivity index (χ2n) is 11.3. The number of amides is 2. The molecule has 0 radical (unpaired) electrons. The van der Waals surface area contributed by atoms with Crippen LogP contribution in [0.15, 0.2) is 89.5 Å². The molecule has 4 heterocycles. The lowest BCUT2D eigenvalue weighted by atomic mass is 9.92. The van der Waals surface area contributed by atoms with Crippen LogP contribution in [0.3, 0.4) is 0 Å². The maximum absolute atomic E-state index is 12.5. The smallest absolute Gasteiger partial charge is 0.323 e. The lowest BCUT2D eigenvalue weighted by Gasteiger charge is -2.31. The highest BCUT2D eigenvalue weighted by atomic mass is 16.5. The van der Waals surface area contributed by atoms with Crippen molar-refractivity contribution in [1.82, 2.24) is 20.0 Å². The van der Waals surface area contributed by atoms with Gasteiger partial charge in [0.05, 0.1) is 13.2 Å². The lowest BCUT2D eigenvalue weighted by Crippen LogP contribution is -2.37. The van der Waals surface area contributed by atoms with Gasteiger partial charge in [-0.3, -0.25) is 4.90 Å². The van der Waals surface area contributed by atoms with Gasteiger partial charge < -0.3 is 24.8 Å². The number of rotatable bonds is 7. The summed E-state index contributed by atoms with van der Waals surface area (Å²) in [5.74, 6) is 1.61. The number of carbonyl (C=O) groups is 1. The zero-order chi connectivity index (χ0) is 31.7. The van der Waals surface area contributed by atoms with Gasteiger partial charge in [-0.1, -0.05) is 67.5 Å². The molecule has 0 aliphatic carbocycles. The minimum atomic E-state index is -0.305. The van der Waals surface area contributed by atoms with Crippen molar-refractivity contribution in [2.45, 2.75) is 39.2 Å². The molecule has 238 valence electrons. The van der Waals surface area contributed by atoms with E-state index in [9.17, 15) is 4.79 Å². The quantitative estimate of drug-likeness (QED) is 0.197. The van der Waals surface area contributed by atoms with E-state index in [1.807, 2.05) is 68.4 Å². The molecule has 5 aromatic rings. The molecule has 2 amide bonds. The largest absolute Gasteiger partial charge is 0.378 e. The number of likely N-dealkylation sites (tertiary alicyclic amines) is 1. The van der Waals surface area contributed by atoms with Gasteiger partial charge in [0.1, 0.15) is 11.2 Å². The molecule has 2 N–H and O–H groups in total. The Labute approximate surface area is 269 Å². The molecule has 10 nitrogen and oxygen atoms in total. The number of hydrogen-bond donors (Lipinski definition) is 2. The number of morpholine rings is 1. The van der Waals surface area contributed by atoms with Crippen molar-refractivity contribution in [3.63, 3.8) is 0 Å². The van der Waals surface area contributed by atoms with Crippen molar-refractivity contribution in [2.75, 3.05) is 54.9 Å². The van der Waals surface area contributed by atoms with Gasteiger partial charge in [-0.05, 0) is 67.9 Å².